The molecule has 0 aliphatic carbocycles. The zero-order chi connectivity index (χ0) is 16.1. The number of hydrogen-bond acceptors (Lipinski definition) is 1. The minimum absolute atomic E-state index is 0.0752. The van der Waals surface area contributed by atoms with Crippen molar-refractivity contribution in [1.29, 1.82) is 0 Å². The van der Waals surface area contributed by atoms with Crippen molar-refractivity contribution in [2.45, 2.75) is 13.0 Å². The van der Waals surface area contributed by atoms with Gasteiger partial charge in [0.15, 0.2) is 6.54 Å². The average Bonchev–Trinajstić information content (AvgIpc) is 2.49. The van der Waals surface area contributed by atoms with Crippen LogP contribution in [0.15, 0.2) is 48.5 Å². The third-order valence-electron chi connectivity index (χ3n) is 3.68. The summed E-state index contributed by atoms with van der Waals surface area (Å²) in [4.78, 5) is 13.1. The second kappa shape index (κ2) is 7.38. The van der Waals surface area contributed by atoms with Crippen LogP contribution in [0.2, 0.25) is 5.02 Å². The lowest BCUT2D eigenvalue weighted by Gasteiger charge is -2.21. The molecule has 0 saturated carbocycles. The van der Waals surface area contributed by atoms with Crippen LogP contribution in [0.1, 0.15) is 18.5 Å². The SMILES string of the molecule is C[C@@H](c1ccc(F)cc1)[NH+](C)CC(=O)Nc1ccc(Cl)cc1. The summed E-state index contributed by atoms with van der Waals surface area (Å²) in [7, 11) is 1.94. The molecule has 2 aromatic carbocycles. The quantitative estimate of drug-likeness (QED) is 0.872. The highest BCUT2D eigenvalue weighted by Gasteiger charge is 2.18. The van der Waals surface area contributed by atoms with Crippen LogP contribution in [0.5, 0.6) is 0 Å². The van der Waals surface area contributed by atoms with Crippen molar-refractivity contribution in [2.75, 3.05) is 18.9 Å². The van der Waals surface area contributed by atoms with E-state index in [1.165, 1.54) is 12.1 Å². The number of carbonyl (C=O) groups excluding carboxylic acids is 1. The maximum Gasteiger partial charge on any atom is 0.279 e. The van der Waals surface area contributed by atoms with E-state index in [2.05, 4.69) is 5.32 Å². The largest absolute Gasteiger partial charge is 0.324 e. The average molecular weight is 322 g/mol. The van der Waals surface area contributed by atoms with Gasteiger partial charge < -0.3 is 10.2 Å². The first kappa shape index (κ1) is 16.5. The first-order valence-electron chi connectivity index (χ1n) is 7.09. The Bertz CT molecular complexity index is 628. The summed E-state index contributed by atoms with van der Waals surface area (Å²) in [5.41, 5.74) is 1.72. The van der Waals surface area contributed by atoms with E-state index >= 15 is 0 Å². The maximum atomic E-state index is 13.0. The zero-order valence-corrected chi connectivity index (χ0v) is 13.3. The fourth-order valence-corrected chi connectivity index (χ4v) is 2.31. The lowest BCUT2D eigenvalue weighted by molar-refractivity contribution is -0.902. The smallest absolute Gasteiger partial charge is 0.279 e. The summed E-state index contributed by atoms with van der Waals surface area (Å²) in [6.45, 7) is 2.33. The van der Waals surface area contributed by atoms with Gasteiger partial charge in [0.25, 0.3) is 5.91 Å². The fourth-order valence-electron chi connectivity index (χ4n) is 2.18. The van der Waals surface area contributed by atoms with Gasteiger partial charge in [-0.3, -0.25) is 4.79 Å². The van der Waals surface area contributed by atoms with Crippen molar-refractivity contribution in [1.82, 2.24) is 0 Å². The van der Waals surface area contributed by atoms with Crippen LogP contribution in [-0.2, 0) is 4.79 Å². The molecule has 1 unspecified atom stereocenters. The number of anilines is 1. The van der Waals surface area contributed by atoms with E-state index in [0.717, 1.165) is 16.2 Å². The Balaban J connectivity index is 1.92. The van der Waals surface area contributed by atoms with Crippen molar-refractivity contribution in [3.8, 4) is 0 Å². The highest BCUT2D eigenvalue weighted by atomic mass is 35.5. The fraction of sp³-hybridized carbons (Fsp3) is 0.235. The Kier molecular flexibility index (Phi) is 5.52. The molecule has 1 amide bonds. The number of halogens is 2. The molecule has 0 radical (unpaired) electrons. The van der Waals surface area contributed by atoms with Crippen molar-refractivity contribution >= 4 is 23.2 Å². The molecule has 0 aliphatic heterocycles. The first-order valence-corrected chi connectivity index (χ1v) is 7.46. The number of likely N-dealkylation sites (N-methyl/N-ethyl adjacent to an activating group) is 1. The molecular formula is C17H19ClFN2O+. The van der Waals surface area contributed by atoms with E-state index < -0.39 is 0 Å². The third kappa shape index (κ3) is 4.55. The van der Waals surface area contributed by atoms with Crippen LogP contribution < -0.4 is 10.2 Å². The number of hydrogen-bond donors (Lipinski definition) is 2. The number of quaternary nitrogens is 1. The molecule has 0 aromatic heterocycles. The van der Waals surface area contributed by atoms with Gasteiger partial charge in [-0.2, -0.15) is 0 Å². The van der Waals surface area contributed by atoms with Gasteiger partial charge in [-0.05, 0) is 43.3 Å². The summed E-state index contributed by atoms with van der Waals surface area (Å²) in [6, 6.07) is 13.5. The Morgan fingerprint density at radius 2 is 1.77 bits per heavy atom. The number of amides is 1. The summed E-state index contributed by atoms with van der Waals surface area (Å²) >= 11 is 5.81. The van der Waals surface area contributed by atoms with Crippen LogP contribution >= 0.6 is 11.6 Å². The summed E-state index contributed by atoms with van der Waals surface area (Å²) in [5, 5.41) is 3.47. The van der Waals surface area contributed by atoms with Crippen LogP contribution in [0.4, 0.5) is 10.1 Å². The van der Waals surface area contributed by atoms with Crippen molar-refractivity contribution in [3.05, 3.63) is 64.9 Å². The van der Waals surface area contributed by atoms with Crippen LogP contribution in [0.3, 0.4) is 0 Å². The highest BCUT2D eigenvalue weighted by Crippen LogP contribution is 2.13. The molecule has 116 valence electrons. The molecule has 0 heterocycles. The highest BCUT2D eigenvalue weighted by molar-refractivity contribution is 6.30. The Hall–Kier alpha value is -1.91. The minimum Gasteiger partial charge on any atom is -0.324 e. The predicted octanol–water partition coefficient (Wildman–Crippen LogP) is 2.69. The molecule has 2 rings (SSSR count). The van der Waals surface area contributed by atoms with E-state index in [1.54, 1.807) is 36.4 Å². The monoisotopic (exact) mass is 321 g/mol. The molecule has 2 atom stereocenters. The molecule has 2 aromatic rings. The summed E-state index contributed by atoms with van der Waals surface area (Å²) < 4.78 is 13.0. The van der Waals surface area contributed by atoms with Gasteiger partial charge in [-0.25, -0.2) is 4.39 Å². The standard InChI is InChI=1S/C17H18ClFN2O/c1-12(13-3-7-15(19)8-4-13)21(2)11-17(22)20-16-9-5-14(18)6-10-16/h3-10,12H,11H2,1-2H3,(H,20,22)/p+1/t12-/m0/s1. The molecule has 0 spiro atoms. The minimum atomic E-state index is -0.255. The molecule has 3 nitrogen and oxygen atoms in total. The molecule has 0 fully saturated rings. The maximum absolute atomic E-state index is 13.0. The Morgan fingerprint density at radius 1 is 1.18 bits per heavy atom. The van der Waals surface area contributed by atoms with E-state index in [0.29, 0.717) is 11.6 Å². The van der Waals surface area contributed by atoms with E-state index in [1.807, 2.05) is 14.0 Å². The van der Waals surface area contributed by atoms with E-state index in [-0.39, 0.29) is 17.8 Å². The molecule has 22 heavy (non-hydrogen) atoms. The normalized spacial score (nSPS) is 13.5. The van der Waals surface area contributed by atoms with Gasteiger partial charge in [-0.15, -0.1) is 0 Å². The van der Waals surface area contributed by atoms with E-state index in [9.17, 15) is 9.18 Å². The predicted molar refractivity (Wildman–Crippen MR) is 86.7 cm³/mol. The molecule has 0 aliphatic rings. The Morgan fingerprint density at radius 3 is 2.36 bits per heavy atom. The van der Waals surface area contributed by atoms with Gasteiger partial charge in [-0.1, -0.05) is 23.7 Å². The lowest BCUT2D eigenvalue weighted by atomic mass is 10.1. The topological polar surface area (TPSA) is 33.5 Å². The third-order valence-corrected chi connectivity index (χ3v) is 3.93. The van der Waals surface area contributed by atoms with Crippen molar-refractivity contribution < 1.29 is 14.1 Å². The van der Waals surface area contributed by atoms with Gasteiger partial charge in [0.05, 0.1) is 7.05 Å². The molecule has 0 bridgehead atoms. The number of rotatable bonds is 5. The first-order chi connectivity index (χ1) is 10.5. The molecule has 5 heteroatoms. The molecule has 0 saturated heterocycles. The van der Waals surface area contributed by atoms with Crippen molar-refractivity contribution in [2.24, 2.45) is 0 Å². The summed E-state index contributed by atoms with van der Waals surface area (Å²) in [6.07, 6.45) is 0. The second-order valence-electron chi connectivity index (χ2n) is 5.35. The second-order valence-corrected chi connectivity index (χ2v) is 5.79. The molecular weight excluding hydrogens is 303 g/mol. The van der Waals surface area contributed by atoms with Crippen LogP contribution in [0, 0.1) is 5.82 Å². The number of nitrogens with one attached hydrogen (secondary N) is 2. The lowest BCUT2D eigenvalue weighted by Crippen LogP contribution is -3.10. The van der Waals surface area contributed by atoms with E-state index in [4.69, 9.17) is 11.6 Å². The van der Waals surface area contributed by atoms with Gasteiger partial charge in [0, 0.05) is 16.3 Å². The van der Waals surface area contributed by atoms with Gasteiger partial charge in [0.1, 0.15) is 11.9 Å². The number of carbonyl (C=O) groups is 1. The molecule has 2 N–H and O–H groups in total. The van der Waals surface area contributed by atoms with Crippen LogP contribution in [-0.4, -0.2) is 19.5 Å². The Labute approximate surface area is 134 Å². The summed E-state index contributed by atoms with van der Waals surface area (Å²) in [5.74, 6) is -0.331. The van der Waals surface area contributed by atoms with Gasteiger partial charge >= 0.3 is 0 Å². The zero-order valence-electron chi connectivity index (χ0n) is 12.6. The van der Waals surface area contributed by atoms with Crippen LogP contribution in [0.25, 0.3) is 0 Å². The van der Waals surface area contributed by atoms with Crippen molar-refractivity contribution in [3.63, 3.8) is 0 Å². The van der Waals surface area contributed by atoms with Gasteiger partial charge in [0.2, 0.25) is 0 Å². The number of benzene rings is 2.